The number of nitrogens with zero attached hydrogens (tertiary/aromatic N) is 2. The van der Waals surface area contributed by atoms with Crippen LogP contribution in [0.1, 0.15) is 101 Å². The molecule has 0 saturated heterocycles. The number of aryl methyl sites for hydroxylation is 1. The van der Waals surface area contributed by atoms with Crippen LogP contribution in [0.3, 0.4) is 0 Å². The fraction of sp³-hybridized carbons (Fsp3) is 0.630. The van der Waals surface area contributed by atoms with E-state index in [0.29, 0.717) is 48.1 Å². The van der Waals surface area contributed by atoms with Gasteiger partial charge in [-0.15, -0.1) is 0 Å². The Morgan fingerprint density at radius 3 is 2.50 bits per heavy atom. The lowest BCUT2D eigenvalue weighted by Gasteiger charge is -2.25. The number of fused-ring (bicyclic) bond motifs is 1. The van der Waals surface area contributed by atoms with Crippen LogP contribution in [0.25, 0.3) is 0 Å². The fourth-order valence-corrected chi connectivity index (χ4v) is 4.63. The van der Waals surface area contributed by atoms with Gasteiger partial charge in [0.05, 0.1) is 19.0 Å². The minimum absolute atomic E-state index is 0.00401. The third-order valence-corrected chi connectivity index (χ3v) is 6.59. The Morgan fingerprint density at radius 1 is 1.03 bits per heavy atom. The Labute approximate surface area is 192 Å². The van der Waals surface area contributed by atoms with E-state index >= 15 is 0 Å². The molecule has 1 aromatic carbocycles. The molecule has 0 amide bonds. The molecule has 3 nitrogen and oxygen atoms in total. The number of aromatic nitrogens is 2. The summed E-state index contributed by atoms with van der Waals surface area (Å²) in [6.07, 6.45) is 13.9. The van der Waals surface area contributed by atoms with Gasteiger partial charge in [-0.2, -0.15) is 0 Å². The van der Waals surface area contributed by atoms with Gasteiger partial charge < -0.3 is 4.74 Å². The molecule has 2 aromatic rings. The molecule has 0 saturated carbocycles. The van der Waals surface area contributed by atoms with Crippen molar-refractivity contribution >= 4 is 0 Å². The highest BCUT2D eigenvalue weighted by atomic mass is 19.2. The number of rotatable bonds is 12. The quantitative estimate of drug-likeness (QED) is 0.321. The van der Waals surface area contributed by atoms with Gasteiger partial charge in [0.25, 0.3) is 0 Å². The van der Waals surface area contributed by atoms with Gasteiger partial charge in [0.2, 0.25) is 0 Å². The highest BCUT2D eigenvalue weighted by Crippen LogP contribution is 2.35. The molecule has 0 spiro atoms. The first-order valence-electron chi connectivity index (χ1n) is 12.5. The van der Waals surface area contributed by atoms with E-state index in [1.807, 2.05) is 6.07 Å². The molecule has 3 rings (SSSR count). The molecule has 2 unspecified atom stereocenters. The average Bonchev–Trinajstić information content (AvgIpc) is 2.81. The van der Waals surface area contributed by atoms with Crippen molar-refractivity contribution in [2.24, 2.45) is 5.92 Å². The first kappa shape index (κ1) is 24.6. The van der Waals surface area contributed by atoms with E-state index < -0.39 is 11.6 Å². The monoisotopic (exact) mass is 444 g/mol. The first-order chi connectivity index (χ1) is 15.5. The number of benzene rings is 1. The lowest BCUT2D eigenvalue weighted by molar-refractivity contribution is 0.302. The maximum atomic E-state index is 15.0. The van der Waals surface area contributed by atoms with Gasteiger partial charge in [-0.25, -0.2) is 18.7 Å². The third kappa shape index (κ3) is 6.49. The standard InChI is InChI=1S/C27H38F2N2O/c1-4-6-8-9-13-32-23-17-30-27(31-18-23)21-12-11-20-15-22(14-19(3)10-7-5-2)25(28)26(29)24(20)16-21/h15,17-19,21H,4-14,16H2,1-3H3. The summed E-state index contributed by atoms with van der Waals surface area (Å²) in [5.74, 6) is 0.382. The molecule has 1 heterocycles. The van der Waals surface area contributed by atoms with Crippen LogP contribution in [-0.2, 0) is 19.3 Å². The van der Waals surface area contributed by atoms with Crippen molar-refractivity contribution in [1.82, 2.24) is 9.97 Å². The largest absolute Gasteiger partial charge is 0.490 e. The van der Waals surface area contributed by atoms with Gasteiger partial charge in [0.15, 0.2) is 17.4 Å². The number of hydrogen-bond acceptors (Lipinski definition) is 3. The molecule has 1 aliphatic carbocycles. The summed E-state index contributed by atoms with van der Waals surface area (Å²) in [6.45, 7) is 7.13. The van der Waals surface area contributed by atoms with Crippen molar-refractivity contribution in [3.8, 4) is 5.75 Å². The summed E-state index contributed by atoms with van der Waals surface area (Å²) in [4.78, 5) is 8.95. The normalized spacial score (nSPS) is 16.6. The van der Waals surface area contributed by atoms with Crippen molar-refractivity contribution in [2.45, 2.75) is 97.3 Å². The van der Waals surface area contributed by atoms with Gasteiger partial charge >= 0.3 is 0 Å². The van der Waals surface area contributed by atoms with Gasteiger partial charge in [-0.1, -0.05) is 65.4 Å². The SMILES string of the molecule is CCCCCCOc1cnc(C2CCc3cc(CC(C)CCCC)c(F)c(F)c3C2)nc1. The number of hydrogen-bond donors (Lipinski definition) is 0. The van der Waals surface area contributed by atoms with Crippen molar-refractivity contribution < 1.29 is 13.5 Å². The van der Waals surface area contributed by atoms with Crippen LogP contribution < -0.4 is 4.74 Å². The van der Waals surface area contributed by atoms with Crippen molar-refractivity contribution in [3.05, 3.63) is 52.6 Å². The van der Waals surface area contributed by atoms with Crippen LogP contribution in [0.2, 0.25) is 0 Å². The maximum absolute atomic E-state index is 15.0. The minimum Gasteiger partial charge on any atom is -0.490 e. The Kier molecular flexibility index (Phi) is 9.43. The Hall–Kier alpha value is -2.04. The average molecular weight is 445 g/mol. The summed E-state index contributed by atoms with van der Waals surface area (Å²) < 4.78 is 35.5. The predicted octanol–water partition coefficient (Wildman–Crippen LogP) is 7.36. The van der Waals surface area contributed by atoms with E-state index in [1.165, 1.54) is 19.3 Å². The molecule has 0 aliphatic heterocycles. The first-order valence-corrected chi connectivity index (χ1v) is 12.5. The van der Waals surface area contributed by atoms with Gasteiger partial charge in [-0.3, -0.25) is 0 Å². The second kappa shape index (κ2) is 12.3. The van der Waals surface area contributed by atoms with Crippen LogP contribution in [-0.4, -0.2) is 16.6 Å². The van der Waals surface area contributed by atoms with E-state index in [2.05, 4.69) is 30.7 Å². The Bertz CT molecular complexity index is 854. The second-order valence-corrected chi connectivity index (χ2v) is 9.38. The van der Waals surface area contributed by atoms with Crippen LogP contribution in [0.5, 0.6) is 5.75 Å². The van der Waals surface area contributed by atoms with E-state index in [-0.39, 0.29) is 5.92 Å². The zero-order chi connectivity index (χ0) is 22.9. The Morgan fingerprint density at radius 2 is 1.78 bits per heavy atom. The zero-order valence-corrected chi connectivity index (χ0v) is 19.9. The molecule has 0 N–H and O–H groups in total. The van der Waals surface area contributed by atoms with Crippen LogP contribution in [0, 0.1) is 17.6 Å². The molecule has 1 aromatic heterocycles. The van der Waals surface area contributed by atoms with Gasteiger partial charge in [0, 0.05) is 5.92 Å². The van der Waals surface area contributed by atoms with Crippen LogP contribution >= 0.6 is 0 Å². The molecule has 0 radical (unpaired) electrons. The van der Waals surface area contributed by atoms with Crippen molar-refractivity contribution in [2.75, 3.05) is 6.61 Å². The fourth-order valence-electron chi connectivity index (χ4n) is 4.63. The van der Waals surface area contributed by atoms with Crippen molar-refractivity contribution in [1.29, 1.82) is 0 Å². The molecular weight excluding hydrogens is 406 g/mol. The summed E-state index contributed by atoms with van der Waals surface area (Å²) in [5, 5.41) is 0. The lowest BCUT2D eigenvalue weighted by atomic mass is 9.81. The van der Waals surface area contributed by atoms with E-state index in [1.54, 1.807) is 12.4 Å². The summed E-state index contributed by atoms with van der Waals surface area (Å²) >= 11 is 0. The van der Waals surface area contributed by atoms with Crippen molar-refractivity contribution in [3.63, 3.8) is 0 Å². The van der Waals surface area contributed by atoms with Gasteiger partial charge in [-0.05, 0) is 54.7 Å². The topological polar surface area (TPSA) is 35.0 Å². The predicted molar refractivity (Wildman–Crippen MR) is 125 cm³/mol. The number of ether oxygens (including phenoxy) is 1. The summed E-state index contributed by atoms with van der Waals surface area (Å²) in [5.41, 5.74) is 1.98. The molecule has 0 fully saturated rings. The molecule has 1 aliphatic rings. The minimum atomic E-state index is -0.670. The Balaban J connectivity index is 1.63. The molecule has 32 heavy (non-hydrogen) atoms. The molecular formula is C27H38F2N2O. The van der Waals surface area contributed by atoms with E-state index in [9.17, 15) is 8.78 Å². The zero-order valence-electron chi connectivity index (χ0n) is 19.9. The number of unbranched alkanes of at least 4 members (excludes halogenated alkanes) is 4. The second-order valence-electron chi connectivity index (χ2n) is 9.38. The summed E-state index contributed by atoms with van der Waals surface area (Å²) in [7, 11) is 0. The molecule has 5 heteroatoms. The van der Waals surface area contributed by atoms with E-state index in [0.717, 1.165) is 44.1 Å². The molecule has 2 atom stereocenters. The maximum Gasteiger partial charge on any atom is 0.162 e. The molecule has 176 valence electrons. The van der Waals surface area contributed by atoms with E-state index in [4.69, 9.17) is 4.74 Å². The highest BCUT2D eigenvalue weighted by molar-refractivity contribution is 5.38. The third-order valence-electron chi connectivity index (χ3n) is 6.59. The van der Waals surface area contributed by atoms with Crippen LogP contribution in [0.15, 0.2) is 18.5 Å². The summed E-state index contributed by atoms with van der Waals surface area (Å²) in [6, 6.07) is 1.91. The van der Waals surface area contributed by atoms with Gasteiger partial charge in [0.1, 0.15) is 5.82 Å². The lowest BCUT2D eigenvalue weighted by Crippen LogP contribution is -2.19. The number of halogens is 2. The molecule has 0 bridgehead atoms. The smallest absolute Gasteiger partial charge is 0.162 e. The highest BCUT2D eigenvalue weighted by Gasteiger charge is 2.28. The van der Waals surface area contributed by atoms with Crippen LogP contribution in [0.4, 0.5) is 8.78 Å².